The monoisotopic (exact) mass is 440 g/mol. The second-order valence-electron chi connectivity index (χ2n) is 7.49. The lowest BCUT2D eigenvalue weighted by atomic mass is 10.0. The van der Waals surface area contributed by atoms with E-state index in [1.807, 2.05) is 77.5 Å². The molecule has 0 radical (unpaired) electrons. The number of nitrogens with zero attached hydrogens (tertiary/aromatic N) is 3. The van der Waals surface area contributed by atoms with Gasteiger partial charge in [0.25, 0.3) is 0 Å². The molecule has 0 saturated carbocycles. The van der Waals surface area contributed by atoms with Gasteiger partial charge >= 0.3 is 5.97 Å². The van der Waals surface area contributed by atoms with E-state index in [0.29, 0.717) is 5.11 Å². The lowest BCUT2D eigenvalue weighted by Gasteiger charge is -2.29. The zero-order valence-electron chi connectivity index (χ0n) is 17.0. The maximum atomic E-state index is 11.5. The van der Waals surface area contributed by atoms with E-state index in [9.17, 15) is 9.90 Å². The molecule has 5 rings (SSSR count). The standard InChI is InChI=1S/C25H20N4O2S/c30-24(31)17-8-6-11-19(16-17)28-15-7-13-21(28)23-22(20-12-4-5-14-26-20)27-25(32)29(23)18-9-2-1-3-10-18/h1-16,22-23H,(H,27,32)(H,30,31)/t22-,23-/m0/s1. The molecule has 2 aromatic carbocycles. The molecular formula is C25H20N4O2S. The summed E-state index contributed by atoms with van der Waals surface area (Å²) < 4.78 is 2.01. The first-order chi connectivity index (χ1) is 15.6. The number of aromatic carboxylic acids is 1. The molecule has 0 bridgehead atoms. The van der Waals surface area contributed by atoms with Gasteiger partial charge in [-0.3, -0.25) is 4.98 Å². The van der Waals surface area contributed by atoms with Crippen molar-refractivity contribution < 1.29 is 9.90 Å². The molecule has 0 amide bonds. The Morgan fingerprint density at radius 2 is 1.72 bits per heavy atom. The molecule has 0 unspecified atom stereocenters. The predicted molar refractivity (Wildman–Crippen MR) is 127 cm³/mol. The largest absolute Gasteiger partial charge is 0.478 e. The minimum atomic E-state index is -0.957. The van der Waals surface area contributed by atoms with Crippen molar-refractivity contribution in [3.05, 3.63) is 114 Å². The topological polar surface area (TPSA) is 70.4 Å². The van der Waals surface area contributed by atoms with Gasteiger partial charge in [-0.05, 0) is 66.8 Å². The average Bonchev–Trinajstić information content (AvgIpc) is 3.44. The second-order valence-corrected chi connectivity index (χ2v) is 7.88. The Kier molecular flexibility index (Phi) is 5.17. The third kappa shape index (κ3) is 3.52. The van der Waals surface area contributed by atoms with Gasteiger partial charge in [-0.15, -0.1) is 0 Å². The molecule has 2 atom stereocenters. The summed E-state index contributed by atoms with van der Waals surface area (Å²) >= 11 is 5.77. The van der Waals surface area contributed by atoms with Crippen molar-refractivity contribution in [2.45, 2.75) is 12.1 Å². The summed E-state index contributed by atoms with van der Waals surface area (Å²) in [6.45, 7) is 0. The van der Waals surface area contributed by atoms with E-state index in [-0.39, 0.29) is 17.6 Å². The summed E-state index contributed by atoms with van der Waals surface area (Å²) in [4.78, 5) is 18.2. The van der Waals surface area contributed by atoms with E-state index in [1.54, 1.807) is 24.4 Å². The highest BCUT2D eigenvalue weighted by molar-refractivity contribution is 7.80. The van der Waals surface area contributed by atoms with Crippen LogP contribution in [0, 0.1) is 0 Å². The summed E-state index contributed by atoms with van der Waals surface area (Å²) in [7, 11) is 0. The van der Waals surface area contributed by atoms with Crippen LogP contribution in [0.15, 0.2) is 97.3 Å². The third-order valence-electron chi connectivity index (χ3n) is 5.59. The maximum absolute atomic E-state index is 11.5. The first kappa shape index (κ1) is 20.0. The molecule has 1 saturated heterocycles. The summed E-state index contributed by atoms with van der Waals surface area (Å²) in [6.07, 6.45) is 3.72. The van der Waals surface area contributed by atoms with Gasteiger partial charge in [0.1, 0.15) is 6.04 Å². The zero-order valence-corrected chi connectivity index (χ0v) is 17.8. The van der Waals surface area contributed by atoms with Crippen molar-refractivity contribution in [2.24, 2.45) is 0 Å². The minimum Gasteiger partial charge on any atom is -0.478 e. The van der Waals surface area contributed by atoms with Crippen LogP contribution < -0.4 is 10.2 Å². The first-order valence-corrected chi connectivity index (χ1v) is 10.6. The van der Waals surface area contributed by atoms with Crippen LogP contribution in [0.5, 0.6) is 0 Å². The Balaban J connectivity index is 1.66. The molecule has 2 aromatic heterocycles. The summed E-state index contributed by atoms with van der Waals surface area (Å²) in [5, 5.41) is 13.5. The first-order valence-electron chi connectivity index (χ1n) is 10.2. The van der Waals surface area contributed by atoms with Crippen LogP contribution in [0.4, 0.5) is 5.69 Å². The van der Waals surface area contributed by atoms with Gasteiger partial charge in [-0.1, -0.05) is 30.3 Å². The van der Waals surface area contributed by atoms with E-state index in [4.69, 9.17) is 12.2 Å². The second kappa shape index (κ2) is 8.28. The molecule has 1 aliphatic heterocycles. The number of pyridine rings is 1. The molecule has 6 nitrogen and oxygen atoms in total. The number of carboxylic acid groups (broad SMARTS) is 1. The van der Waals surface area contributed by atoms with Crippen molar-refractivity contribution >= 4 is 29.0 Å². The highest BCUT2D eigenvalue weighted by Crippen LogP contribution is 2.42. The third-order valence-corrected chi connectivity index (χ3v) is 5.90. The molecule has 0 spiro atoms. The minimum absolute atomic E-state index is 0.180. The normalized spacial score (nSPS) is 17.9. The van der Waals surface area contributed by atoms with E-state index >= 15 is 0 Å². The van der Waals surface area contributed by atoms with Crippen LogP contribution in [0.2, 0.25) is 0 Å². The Hall–Kier alpha value is -3.97. The highest BCUT2D eigenvalue weighted by Gasteiger charge is 2.42. The number of hydrogen-bond acceptors (Lipinski definition) is 3. The quantitative estimate of drug-likeness (QED) is 0.437. The van der Waals surface area contributed by atoms with Crippen molar-refractivity contribution in [3.63, 3.8) is 0 Å². The molecule has 4 aromatic rings. The fraction of sp³-hybridized carbons (Fsp3) is 0.0800. The molecule has 32 heavy (non-hydrogen) atoms. The number of anilines is 1. The zero-order chi connectivity index (χ0) is 22.1. The lowest BCUT2D eigenvalue weighted by Crippen LogP contribution is -2.30. The van der Waals surface area contributed by atoms with Crippen LogP contribution >= 0.6 is 12.2 Å². The number of nitrogens with one attached hydrogen (secondary N) is 1. The Labute approximate surface area is 190 Å². The van der Waals surface area contributed by atoms with Gasteiger partial charge in [0.05, 0.1) is 17.3 Å². The van der Waals surface area contributed by atoms with Crippen LogP contribution in [0.25, 0.3) is 5.69 Å². The van der Waals surface area contributed by atoms with Crippen molar-refractivity contribution in [1.82, 2.24) is 14.9 Å². The number of carbonyl (C=O) groups is 1. The number of carboxylic acids is 1. The number of benzene rings is 2. The van der Waals surface area contributed by atoms with Crippen molar-refractivity contribution in [2.75, 3.05) is 4.90 Å². The van der Waals surface area contributed by atoms with Crippen LogP contribution in [0.3, 0.4) is 0 Å². The summed E-state index contributed by atoms with van der Waals surface area (Å²) in [5.41, 5.74) is 3.84. The Bertz CT molecular complexity index is 1270. The van der Waals surface area contributed by atoms with Crippen LogP contribution in [-0.2, 0) is 0 Å². The lowest BCUT2D eigenvalue weighted by molar-refractivity contribution is 0.0697. The number of para-hydroxylation sites is 1. The fourth-order valence-corrected chi connectivity index (χ4v) is 4.53. The van der Waals surface area contributed by atoms with Crippen LogP contribution in [0.1, 0.15) is 33.8 Å². The average molecular weight is 441 g/mol. The maximum Gasteiger partial charge on any atom is 0.335 e. The number of hydrogen-bond donors (Lipinski definition) is 2. The van der Waals surface area contributed by atoms with Gasteiger partial charge in [-0.2, -0.15) is 0 Å². The van der Waals surface area contributed by atoms with Crippen molar-refractivity contribution in [3.8, 4) is 5.69 Å². The molecule has 1 aliphatic rings. The number of aromatic nitrogens is 2. The molecule has 158 valence electrons. The van der Waals surface area contributed by atoms with Gasteiger partial charge in [0, 0.05) is 29.5 Å². The molecule has 1 fully saturated rings. The summed E-state index contributed by atoms with van der Waals surface area (Å²) in [6, 6.07) is 26.4. The smallest absolute Gasteiger partial charge is 0.335 e. The van der Waals surface area contributed by atoms with Crippen LogP contribution in [-0.4, -0.2) is 25.7 Å². The fourth-order valence-electron chi connectivity index (χ4n) is 4.18. The van der Waals surface area contributed by atoms with E-state index in [0.717, 1.165) is 22.8 Å². The molecule has 2 N–H and O–H groups in total. The molecule has 0 aliphatic carbocycles. The van der Waals surface area contributed by atoms with Gasteiger partial charge in [0.15, 0.2) is 5.11 Å². The van der Waals surface area contributed by atoms with Gasteiger partial charge in [-0.25, -0.2) is 4.79 Å². The Morgan fingerprint density at radius 3 is 2.47 bits per heavy atom. The molecular weight excluding hydrogens is 420 g/mol. The SMILES string of the molecule is O=C(O)c1cccc(-n2cccc2[C@H]2[C@H](c3ccccn3)NC(=S)N2c2ccccc2)c1. The van der Waals surface area contributed by atoms with Gasteiger partial charge < -0.3 is 19.9 Å². The molecule has 3 heterocycles. The summed E-state index contributed by atoms with van der Waals surface area (Å²) in [5.74, 6) is -0.957. The van der Waals surface area contributed by atoms with Gasteiger partial charge in [0.2, 0.25) is 0 Å². The van der Waals surface area contributed by atoms with Crippen molar-refractivity contribution in [1.29, 1.82) is 0 Å². The number of rotatable bonds is 5. The number of thiocarbonyl (C=S) groups is 1. The van der Waals surface area contributed by atoms with E-state index in [1.165, 1.54) is 0 Å². The Morgan fingerprint density at radius 1 is 0.938 bits per heavy atom. The van der Waals surface area contributed by atoms with E-state index < -0.39 is 5.97 Å². The van der Waals surface area contributed by atoms with E-state index in [2.05, 4.69) is 15.2 Å². The predicted octanol–water partition coefficient (Wildman–Crippen LogP) is 4.75. The highest BCUT2D eigenvalue weighted by atomic mass is 32.1. The molecule has 7 heteroatoms.